The second-order valence-electron chi connectivity index (χ2n) is 5.64. The van der Waals surface area contributed by atoms with Crippen molar-refractivity contribution < 1.29 is 8.42 Å². The van der Waals surface area contributed by atoms with Gasteiger partial charge in [0.15, 0.2) is 0 Å². The van der Waals surface area contributed by atoms with E-state index < -0.39 is 10.0 Å². The number of alkyl halides is 1. The fraction of sp³-hybridized carbons (Fsp3) is 0.400. The van der Waals surface area contributed by atoms with Crippen LogP contribution in [0.2, 0.25) is 0 Å². The minimum Gasteiger partial charge on any atom is -0.242 e. The molecule has 1 heterocycles. The Morgan fingerprint density at radius 3 is 2.41 bits per heavy atom. The van der Waals surface area contributed by atoms with E-state index in [-0.39, 0.29) is 8.32 Å². The highest BCUT2D eigenvalue weighted by molar-refractivity contribution is 14.1. The molecule has 2 rings (SSSR count). The fourth-order valence-corrected chi connectivity index (χ4v) is 3.79. The van der Waals surface area contributed by atoms with Gasteiger partial charge in [0.1, 0.15) is 0 Å². The molecule has 2 aromatic rings. The molecule has 0 fully saturated rings. The second kappa shape index (κ2) is 6.94. The number of nitrogens with zero attached hydrogens (tertiary/aromatic N) is 1. The lowest BCUT2D eigenvalue weighted by molar-refractivity contribution is 0.572. The Bertz CT molecular complexity index is 732. The summed E-state index contributed by atoms with van der Waals surface area (Å²) in [5.74, 6) is 0. The van der Waals surface area contributed by atoms with Crippen molar-refractivity contribution in [3.05, 3.63) is 34.7 Å². The minimum absolute atomic E-state index is 0.0760. The molecule has 22 heavy (non-hydrogen) atoms. The first-order chi connectivity index (χ1) is 10.2. The number of thiazole rings is 1. The number of sulfonamides is 1. The minimum atomic E-state index is -3.45. The highest BCUT2D eigenvalue weighted by Crippen LogP contribution is 2.23. The molecule has 0 atom stereocenters. The first kappa shape index (κ1) is 17.8. The summed E-state index contributed by atoms with van der Waals surface area (Å²) < 4.78 is 27.2. The van der Waals surface area contributed by atoms with Crippen molar-refractivity contribution in [1.29, 1.82) is 0 Å². The highest BCUT2D eigenvalue weighted by Gasteiger charge is 2.17. The summed E-state index contributed by atoms with van der Waals surface area (Å²) in [4.78, 5) is 4.69. The van der Waals surface area contributed by atoms with Crippen molar-refractivity contribution >= 4 is 44.0 Å². The Morgan fingerprint density at radius 1 is 1.27 bits per heavy atom. The average molecular weight is 450 g/mol. The number of halogens is 1. The summed E-state index contributed by atoms with van der Waals surface area (Å²) in [6.45, 7) is 6.54. The van der Waals surface area contributed by atoms with Crippen LogP contribution in [0.4, 0.5) is 0 Å². The third-order valence-electron chi connectivity index (χ3n) is 3.09. The monoisotopic (exact) mass is 450 g/mol. The van der Waals surface area contributed by atoms with Crippen LogP contribution < -0.4 is 4.72 Å². The molecule has 0 radical (unpaired) electrons. The number of hydrogen-bond donors (Lipinski definition) is 1. The van der Waals surface area contributed by atoms with Crippen molar-refractivity contribution in [3.63, 3.8) is 0 Å². The summed E-state index contributed by atoms with van der Waals surface area (Å²) in [5, 5.41) is 2.97. The van der Waals surface area contributed by atoms with Gasteiger partial charge in [0.25, 0.3) is 0 Å². The Kier molecular flexibility index (Phi) is 5.63. The van der Waals surface area contributed by atoms with Gasteiger partial charge in [0.05, 0.1) is 15.6 Å². The van der Waals surface area contributed by atoms with Crippen molar-refractivity contribution in [2.45, 2.75) is 35.5 Å². The SMILES string of the molecule is Cc1nc(-c2ccc(S(=O)(=O)NCCC(C)(C)I)cc2)cs1. The molecule has 4 nitrogen and oxygen atoms in total. The first-order valence-corrected chi connectivity index (χ1v) is 10.3. The molecule has 0 spiro atoms. The molecule has 0 amide bonds. The van der Waals surface area contributed by atoms with Crippen molar-refractivity contribution in [2.75, 3.05) is 6.54 Å². The smallest absolute Gasteiger partial charge is 0.240 e. The second-order valence-corrected chi connectivity index (χ2v) is 11.4. The molecule has 0 aliphatic heterocycles. The standard InChI is InChI=1S/C15H19IN2O2S2/c1-11-18-14(10-21-11)12-4-6-13(7-5-12)22(19,20)17-9-8-15(2,3)16/h4-7,10,17H,8-9H2,1-3H3. The van der Waals surface area contributed by atoms with E-state index in [2.05, 4.69) is 46.1 Å². The molecule has 7 heteroatoms. The van der Waals surface area contributed by atoms with Gasteiger partial charge < -0.3 is 0 Å². The predicted molar refractivity (Wildman–Crippen MR) is 100 cm³/mol. The molecule has 120 valence electrons. The van der Waals surface area contributed by atoms with Gasteiger partial charge in [-0.1, -0.05) is 48.6 Å². The zero-order valence-electron chi connectivity index (χ0n) is 12.8. The molecule has 0 bridgehead atoms. The van der Waals surface area contributed by atoms with Crippen LogP contribution in [0.1, 0.15) is 25.3 Å². The van der Waals surface area contributed by atoms with Crippen LogP contribution in [-0.2, 0) is 10.0 Å². The number of nitrogens with one attached hydrogen (secondary N) is 1. The van der Waals surface area contributed by atoms with Gasteiger partial charge in [-0.05, 0) is 25.5 Å². The number of rotatable bonds is 6. The fourth-order valence-electron chi connectivity index (χ4n) is 1.87. The van der Waals surface area contributed by atoms with E-state index in [4.69, 9.17) is 0 Å². The summed E-state index contributed by atoms with van der Waals surface area (Å²) >= 11 is 3.89. The summed E-state index contributed by atoms with van der Waals surface area (Å²) in [6, 6.07) is 6.85. The van der Waals surface area contributed by atoms with Gasteiger partial charge in [-0.3, -0.25) is 0 Å². The molecule has 0 unspecified atom stereocenters. The van der Waals surface area contributed by atoms with Crippen LogP contribution in [0.25, 0.3) is 11.3 Å². The third kappa shape index (κ3) is 5.00. The number of hydrogen-bond acceptors (Lipinski definition) is 4. The topological polar surface area (TPSA) is 59.1 Å². The molecule has 0 aliphatic rings. The van der Waals surface area contributed by atoms with Crippen molar-refractivity contribution in [1.82, 2.24) is 9.71 Å². The molecule has 0 saturated carbocycles. The lowest BCUT2D eigenvalue weighted by atomic mass is 10.1. The molecular formula is C15H19IN2O2S2. The quantitative estimate of drug-likeness (QED) is 0.535. The van der Waals surface area contributed by atoms with Gasteiger partial charge in [-0.2, -0.15) is 0 Å². The van der Waals surface area contributed by atoms with Gasteiger partial charge in [0.2, 0.25) is 10.0 Å². The van der Waals surface area contributed by atoms with Crippen LogP contribution in [-0.4, -0.2) is 23.4 Å². The normalized spacial score (nSPS) is 12.5. The molecular weight excluding hydrogens is 431 g/mol. The van der Waals surface area contributed by atoms with E-state index >= 15 is 0 Å². The Morgan fingerprint density at radius 2 is 1.91 bits per heavy atom. The third-order valence-corrected chi connectivity index (χ3v) is 5.88. The largest absolute Gasteiger partial charge is 0.242 e. The average Bonchev–Trinajstić information content (AvgIpc) is 2.84. The zero-order valence-corrected chi connectivity index (χ0v) is 16.5. The zero-order chi connectivity index (χ0) is 16.4. The highest BCUT2D eigenvalue weighted by atomic mass is 127. The number of aromatic nitrogens is 1. The van der Waals surface area contributed by atoms with Crippen molar-refractivity contribution in [2.24, 2.45) is 0 Å². The summed E-state index contributed by atoms with van der Waals surface area (Å²) in [7, 11) is -3.45. The Hall–Kier alpha value is -0.510. The van der Waals surface area contributed by atoms with Crippen LogP contribution in [0.5, 0.6) is 0 Å². The van der Waals surface area contributed by atoms with Crippen LogP contribution in [0, 0.1) is 6.92 Å². The van der Waals surface area contributed by atoms with Gasteiger partial charge >= 0.3 is 0 Å². The Balaban J connectivity index is 2.09. The number of aryl methyl sites for hydroxylation is 1. The number of benzene rings is 1. The first-order valence-electron chi connectivity index (χ1n) is 6.88. The maximum atomic E-state index is 12.2. The van der Waals surface area contributed by atoms with E-state index in [1.165, 1.54) is 0 Å². The van der Waals surface area contributed by atoms with Crippen molar-refractivity contribution in [3.8, 4) is 11.3 Å². The summed E-state index contributed by atoms with van der Waals surface area (Å²) in [5.41, 5.74) is 1.81. The lowest BCUT2D eigenvalue weighted by Gasteiger charge is -2.16. The van der Waals surface area contributed by atoms with E-state index in [0.29, 0.717) is 6.54 Å². The predicted octanol–water partition coefficient (Wildman–Crippen LogP) is 4.00. The molecule has 1 aromatic carbocycles. The van der Waals surface area contributed by atoms with E-state index in [1.54, 1.807) is 35.6 Å². The molecule has 1 N–H and O–H groups in total. The van der Waals surface area contributed by atoms with Crippen LogP contribution in [0.3, 0.4) is 0 Å². The van der Waals surface area contributed by atoms with Gasteiger partial charge in [0, 0.05) is 20.9 Å². The lowest BCUT2D eigenvalue weighted by Crippen LogP contribution is -2.28. The van der Waals surface area contributed by atoms with E-state index in [1.807, 2.05) is 12.3 Å². The molecule has 0 saturated heterocycles. The van der Waals surface area contributed by atoms with E-state index in [0.717, 1.165) is 22.7 Å². The molecule has 0 aliphatic carbocycles. The maximum Gasteiger partial charge on any atom is 0.240 e. The summed E-state index contributed by atoms with van der Waals surface area (Å²) in [6.07, 6.45) is 0.781. The van der Waals surface area contributed by atoms with Gasteiger partial charge in [-0.15, -0.1) is 11.3 Å². The molecule has 1 aromatic heterocycles. The Labute approximate surface area is 149 Å². The maximum absolute atomic E-state index is 12.2. The van der Waals surface area contributed by atoms with E-state index in [9.17, 15) is 8.42 Å². The van der Waals surface area contributed by atoms with Crippen LogP contribution >= 0.6 is 33.9 Å². The van der Waals surface area contributed by atoms with Crippen LogP contribution in [0.15, 0.2) is 34.5 Å². The van der Waals surface area contributed by atoms with Gasteiger partial charge in [-0.25, -0.2) is 18.1 Å².